The van der Waals surface area contributed by atoms with Crippen molar-refractivity contribution in [2.24, 2.45) is 0 Å². The van der Waals surface area contributed by atoms with Gasteiger partial charge in [-0.2, -0.15) is 0 Å². The van der Waals surface area contributed by atoms with Crippen LogP contribution in [0.2, 0.25) is 0 Å². The molecule has 0 aliphatic carbocycles. The van der Waals surface area contributed by atoms with Gasteiger partial charge in [-0.15, -0.1) is 16.4 Å². The highest BCUT2D eigenvalue weighted by Crippen LogP contribution is 2.35. The molecular weight excluding hydrogens is 493 g/mol. The van der Waals surface area contributed by atoms with Crippen LogP contribution in [0.5, 0.6) is 0 Å². The van der Waals surface area contributed by atoms with Crippen molar-refractivity contribution in [3.8, 4) is 0 Å². The van der Waals surface area contributed by atoms with E-state index >= 15 is 0 Å². The number of rotatable bonds is 8. The van der Waals surface area contributed by atoms with E-state index in [0.29, 0.717) is 52.9 Å². The number of nitrogens with zero attached hydrogens (tertiary/aromatic N) is 8. The maximum atomic E-state index is 14.3. The van der Waals surface area contributed by atoms with Gasteiger partial charge >= 0.3 is 0 Å². The number of piperazine rings is 1. The van der Waals surface area contributed by atoms with Crippen LogP contribution in [-0.2, 0) is 13.0 Å². The molecule has 3 aromatic heterocycles. The summed E-state index contributed by atoms with van der Waals surface area (Å²) in [6, 6.07) is 6.64. The van der Waals surface area contributed by atoms with Gasteiger partial charge in [0.25, 0.3) is 6.17 Å². The number of hydrogen-bond donors (Lipinski definition) is 1. The minimum absolute atomic E-state index is 0.122. The summed E-state index contributed by atoms with van der Waals surface area (Å²) in [6.45, 7) is 3.63. The number of halogens is 1. The first kappa shape index (κ1) is 23.5. The van der Waals surface area contributed by atoms with Crippen LogP contribution in [0, 0.1) is 15.9 Å². The standard InChI is InChI=1S/C21H24FN9O2S2/c1-2-17(20-25-26-27-30(20)6-5-14-4-3-9-34-14)29-8-7-28(12-18(29)31(32)33)21-24-16-11-13(23)10-15(22)19(16)35-21/h3-4,9-11,17-18H,2,5-8,12,23H2,1H3. The topological polar surface area (TPSA) is 132 Å². The van der Waals surface area contributed by atoms with Crippen LogP contribution in [0.1, 0.15) is 30.1 Å². The second-order valence-corrected chi connectivity index (χ2v) is 10.3. The van der Waals surface area contributed by atoms with Gasteiger partial charge in [0, 0.05) is 41.5 Å². The summed E-state index contributed by atoms with van der Waals surface area (Å²) >= 11 is 2.86. The van der Waals surface area contributed by atoms with E-state index < -0.39 is 12.0 Å². The largest absolute Gasteiger partial charge is 0.399 e. The first-order chi connectivity index (χ1) is 16.9. The summed E-state index contributed by atoms with van der Waals surface area (Å²) in [5, 5.41) is 27.0. The van der Waals surface area contributed by atoms with E-state index in [1.807, 2.05) is 28.2 Å². The Morgan fingerprint density at radius 1 is 1.37 bits per heavy atom. The Morgan fingerprint density at radius 3 is 2.97 bits per heavy atom. The Kier molecular flexibility index (Phi) is 6.58. The highest BCUT2D eigenvalue weighted by molar-refractivity contribution is 7.22. The monoisotopic (exact) mass is 517 g/mol. The molecule has 14 heteroatoms. The molecular formula is C21H24FN9O2S2. The number of thiophene rings is 1. The zero-order chi connectivity index (χ0) is 24.5. The molecule has 0 saturated carbocycles. The molecule has 1 aliphatic rings. The molecule has 0 radical (unpaired) electrons. The van der Waals surface area contributed by atoms with Gasteiger partial charge in [-0.1, -0.05) is 24.3 Å². The van der Waals surface area contributed by atoms with Gasteiger partial charge in [0.05, 0.1) is 16.3 Å². The fraction of sp³-hybridized carbons (Fsp3) is 0.429. The van der Waals surface area contributed by atoms with Crippen molar-refractivity contribution < 1.29 is 9.31 Å². The first-order valence-corrected chi connectivity index (χ1v) is 12.9. The van der Waals surface area contributed by atoms with Crippen molar-refractivity contribution in [3.63, 3.8) is 0 Å². The highest BCUT2D eigenvalue weighted by Gasteiger charge is 2.42. The predicted molar refractivity (Wildman–Crippen MR) is 133 cm³/mol. The number of aromatic nitrogens is 5. The Hall–Kier alpha value is -3.23. The van der Waals surface area contributed by atoms with Gasteiger partial charge in [0.2, 0.25) is 0 Å². The number of tetrazole rings is 1. The quantitative estimate of drug-likeness (QED) is 0.213. The van der Waals surface area contributed by atoms with Gasteiger partial charge in [0.1, 0.15) is 12.4 Å². The van der Waals surface area contributed by atoms with Crippen LogP contribution >= 0.6 is 22.7 Å². The molecule has 1 aliphatic heterocycles. The molecule has 0 bridgehead atoms. The number of nitrogen functional groups attached to an aromatic ring is 1. The number of nitrogens with two attached hydrogens (primary N) is 1. The van der Waals surface area contributed by atoms with Crippen LogP contribution in [0.25, 0.3) is 10.2 Å². The van der Waals surface area contributed by atoms with E-state index in [1.54, 1.807) is 22.1 Å². The lowest BCUT2D eigenvalue weighted by molar-refractivity contribution is -0.552. The number of hydrogen-bond acceptors (Lipinski definition) is 11. The van der Waals surface area contributed by atoms with E-state index in [1.165, 1.54) is 22.3 Å². The van der Waals surface area contributed by atoms with Gasteiger partial charge in [-0.3, -0.25) is 10.1 Å². The summed E-state index contributed by atoms with van der Waals surface area (Å²) in [5.41, 5.74) is 6.50. The Labute approximate surface area is 208 Å². The van der Waals surface area contributed by atoms with E-state index in [9.17, 15) is 14.5 Å². The molecule has 0 amide bonds. The van der Waals surface area contributed by atoms with E-state index in [4.69, 9.17) is 5.73 Å². The van der Waals surface area contributed by atoms with Crippen molar-refractivity contribution in [2.75, 3.05) is 30.3 Å². The highest BCUT2D eigenvalue weighted by atomic mass is 32.1. The summed E-state index contributed by atoms with van der Waals surface area (Å²) < 4.78 is 16.5. The number of fused-ring (bicyclic) bond motifs is 1. The number of benzene rings is 1. The zero-order valence-corrected chi connectivity index (χ0v) is 20.6. The van der Waals surface area contributed by atoms with Crippen LogP contribution in [0.3, 0.4) is 0 Å². The van der Waals surface area contributed by atoms with E-state index in [0.717, 1.165) is 6.42 Å². The van der Waals surface area contributed by atoms with Crippen molar-refractivity contribution in [1.29, 1.82) is 0 Å². The smallest absolute Gasteiger partial charge is 0.286 e. The second-order valence-electron chi connectivity index (χ2n) is 8.31. The summed E-state index contributed by atoms with van der Waals surface area (Å²) in [7, 11) is 0. The Balaban J connectivity index is 1.37. The lowest BCUT2D eigenvalue weighted by Crippen LogP contribution is -2.57. The first-order valence-electron chi connectivity index (χ1n) is 11.2. The number of anilines is 2. The van der Waals surface area contributed by atoms with Gasteiger partial charge in [-0.25, -0.2) is 19.0 Å². The van der Waals surface area contributed by atoms with Gasteiger partial charge in [0.15, 0.2) is 11.0 Å². The maximum Gasteiger partial charge on any atom is 0.286 e. The molecule has 11 nitrogen and oxygen atoms in total. The summed E-state index contributed by atoms with van der Waals surface area (Å²) in [6.07, 6.45) is 0.421. The molecule has 4 heterocycles. The van der Waals surface area contributed by atoms with Gasteiger partial charge < -0.3 is 10.6 Å². The fourth-order valence-corrected chi connectivity index (χ4v) is 6.17. The molecule has 1 aromatic carbocycles. The minimum Gasteiger partial charge on any atom is -0.399 e. The van der Waals surface area contributed by atoms with E-state index in [-0.39, 0.29) is 17.5 Å². The molecule has 2 N–H and O–H groups in total. The van der Waals surface area contributed by atoms with Crippen molar-refractivity contribution >= 4 is 43.7 Å². The SMILES string of the molecule is CCC(c1nnnn1CCc1cccs1)N1CCN(c2nc3cc(N)cc(F)c3s2)CC1[N+](=O)[O-]. The Bertz CT molecular complexity index is 1330. The van der Waals surface area contributed by atoms with Gasteiger partial charge in [-0.05, 0) is 40.4 Å². The number of thiazole rings is 1. The van der Waals surface area contributed by atoms with Crippen molar-refractivity contribution in [3.05, 3.63) is 56.3 Å². The van der Waals surface area contributed by atoms with Crippen LogP contribution in [0.15, 0.2) is 29.6 Å². The third kappa shape index (κ3) is 4.68. The lowest BCUT2D eigenvalue weighted by Gasteiger charge is -2.39. The molecule has 184 valence electrons. The average molecular weight is 518 g/mol. The molecule has 2 unspecified atom stereocenters. The molecule has 35 heavy (non-hydrogen) atoms. The third-order valence-corrected chi connectivity index (χ3v) is 8.24. The summed E-state index contributed by atoms with van der Waals surface area (Å²) in [5.74, 6) is 0.190. The average Bonchev–Trinajstić information content (AvgIpc) is 3.59. The lowest BCUT2D eigenvalue weighted by atomic mass is 10.1. The molecule has 0 spiro atoms. The molecule has 1 fully saturated rings. The normalized spacial score (nSPS) is 17.8. The molecule has 2 atom stereocenters. The Morgan fingerprint density at radius 2 is 2.23 bits per heavy atom. The van der Waals surface area contributed by atoms with Crippen molar-refractivity contribution in [1.82, 2.24) is 30.1 Å². The van der Waals surface area contributed by atoms with E-state index in [2.05, 4.69) is 26.6 Å². The number of aryl methyl sites for hydroxylation is 2. The number of nitro groups is 1. The molecule has 5 rings (SSSR count). The maximum absolute atomic E-state index is 14.3. The minimum atomic E-state index is -0.988. The zero-order valence-electron chi connectivity index (χ0n) is 19.0. The summed E-state index contributed by atoms with van der Waals surface area (Å²) in [4.78, 5) is 21.3. The predicted octanol–water partition coefficient (Wildman–Crippen LogP) is 3.18. The molecule has 4 aromatic rings. The van der Waals surface area contributed by atoms with Crippen molar-refractivity contribution in [2.45, 2.75) is 38.5 Å². The second kappa shape index (κ2) is 9.79. The third-order valence-electron chi connectivity index (χ3n) is 6.16. The van der Waals surface area contributed by atoms with Crippen LogP contribution in [0.4, 0.5) is 15.2 Å². The van der Waals surface area contributed by atoms with Crippen LogP contribution in [-0.4, -0.2) is 60.8 Å². The van der Waals surface area contributed by atoms with Crippen LogP contribution < -0.4 is 10.6 Å². The molecule has 1 saturated heterocycles. The fourth-order valence-electron chi connectivity index (χ4n) is 4.49.